The van der Waals surface area contributed by atoms with Crippen LogP contribution in [0.25, 0.3) is 10.6 Å². The lowest BCUT2D eigenvalue weighted by Gasteiger charge is -2.06. The van der Waals surface area contributed by atoms with Gasteiger partial charge in [-0.25, -0.2) is 4.39 Å². The van der Waals surface area contributed by atoms with Crippen LogP contribution in [0.15, 0.2) is 18.5 Å². The van der Waals surface area contributed by atoms with E-state index >= 15 is 0 Å². The standard InChI is InChI=1S/C11H13FN4S/c1-3-14-7(2)10-15-16-11(17-10)8-4-9(12)6-13-5-8/h4-7,14H,3H2,1-2H3. The van der Waals surface area contributed by atoms with E-state index in [-0.39, 0.29) is 11.9 Å². The van der Waals surface area contributed by atoms with Gasteiger partial charge in [-0.3, -0.25) is 4.98 Å². The molecule has 2 rings (SSSR count). The molecule has 0 fully saturated rings. The molecule has 0 saturated carbocycles. The summed E-state index contributed by atoms with van der Waals surface area (Å²) in [5.74, 6) is -0.362. The van der Waals surface area contributed by atoms with Crippen LogP contribution < -0.4 is 5.32 Å². The molecular formula is C11H13FN4S. The molecule has 0 radical (unpaired) electrons. The third-order valence-corrected chi connectivity index (χ3v) is 3.43. The first kappa shape index (κ1) is 12.1. The van der Waals surface area contributed by atoms with Gasteiger partial charge in [0.1, 0.15) is 15.8 Å². The minimum atomic E-state index is -0.362. The summed E-state index contributed by atoms with van der Waals surface area (Å²) in [5.41, 5.74) is 0.664. The number of aromatic nitrogens is 3. The second-order valence-electron chi connectivity index (χ2n) is 3.62. The fourth-order valence-corrected chi connectivity index (χ4v) is 2.30. The van der Waals surface area contributed by atoms with E-state index in [1.807, 2.05) is 13.8 Å². The summed E-state index contributed by atoms with van der Waals surface area (Å²) >= 11 is 1.45. The smallest absolute Gasteiger partial charge is 0.149 e. The Morgan fingerprint density at radius 1 is 1.41 bits per heavy atom. The normalized spacial score (nSPS) is 12.6. The van der Waals surface area contributed by atoms with Crippen LogP contribution in [0, 0.1) is 5.82 Å². The van der Waals surface area contributed by atoms with Crippen molar-refractivity contribution in [2.24, 2.45) is 0 Å². The molecule has 17 heavy (non-hydrogen) atoms. The van der Waals surface area contributed by atoms with Crippen molar-refractivity contribution in [3.63, 3.8) is 0 Å². The van der Waals surface area contributed by atoms with Crippen molar-refractivity contribution in [3.8, 4) is 10.6 Å². The summed E-state index contributed by atoms with van der Waals surface area (Å²) in [7, 11) is 0. The Hall–Kier alpha value is -1.40. The highest BCUT2D eigenvalue weighted by molar-refractivity contribution is 7.14. The van der Waals surface area contributed by atoms with Crippen LogP contribution in [0.1, 0.15) is 24.9 Å². The van der Waals surface area contributed by atoms with Crippen molar-refractivity contribution >= 4 is 11.3 Å². The number of pyridine rings is 1. The molecule has 0 amide bonds. The lowest BCUT2D eigenvalue weighted by atomic mass is 10.3. The van der Waals surface area contributed by atoms with Gasteiger partial charge in [0, 0.05) is 11.8 Å². The molecule has 1 N–H and O–H groups in total. The van der Waals surface area contributed by atoms with Crippen LogP contribution in [0.5, 0.6) is 0 Å². The van der Waals surface area contributed by atoms with Gasteiger partial charge in [0.15, 0.2) is 0 Å². The maximum absolute atomic E-state index is 13.0. The van der Waals surface area contributed by atoms with E-state index in [1.165, 1.54) is 23.6 Å². The van der Waals surface area contributed by atoms with E-state index in [2.05, 4.69) is 20.5 Å². The summed E-state index contributed by atoms with van der Waals surface area (Å²) in [4.78, 5) is 3.80. The summed E-state index contributed by atoms with van der Waals surface area (Å²) < 4.78 is 13.0. The fourth-order valence-electron chi connectivity index (χ4n) is 1.45. The molecule has 4 nitrogen and oxygen atoms in total. The summed E-state index contributed by atoms with van der Waals surface area (Å²) in [6.07, 6.45) is 2.76. The first-order valence-electron chi connectivity index (χ1n) is 5.38. The molecule has 2 heterocycles. The van der Waals surface area contributed by atoms with E-state index in [0.717, 1.165) is 11.6 Å². The molecule has 0 aliphatic heterocycles. The molecule has 6 heteroatoms. The van der Waals surface area contributed by atoms with Gasteiger partial charge in [-0.15, -0.1) is 10.2 Å². The van der Waals surface area contributed by atoms with Gasteiger partial charge < -0.3 is 5.32 Å². The first-order valence-corrected chi connectivity index (χ1v) is 6.20. The Morgan fingerprint density at radius 3 is 2.94 bits per heavy atom. The third-order valence-electron chi connectivity index (χ3n) is 2.27. The Morgan fingerprint density at radius 2 is 2.24 bits per heavy atom. The average molecular weight is 252 g/mol. The van der Waals surface area contributed by atoms with Gasteiger partial charge in [-0.2, -0.15) is 0 Å². The fraction of sp³-hybridized carbons (Fsp3) is 0.364. The Balaban J connectivity index is 2.23. The molecular weight excluding hydrogens is 239 g/mol. The van der Waals surface area contributed by atoms with Gasteiger partial charge in [0.2, 0.25) is 0 Å². The Labute approximate surface area is 103 Å². The zero-order chi connectivity index (χ0) is 12.3. The lowest BCUT2D eigenvalue weighted by molar-refractivity contribution is 0.590. The molecule has 0 saturated heterocycles. The molecule has 0 aliphatic rings. The lowest BCUT2D eigenvalue weighted by Crippen LogP contribution is -2.17. The summed E-state index contributed by atoms with van der Waals surface area (Å²) in [6, 6.07) is 1.57. The highest BCUT2D eigenvalue weighted by Gasteiger charge is 2.12. The van der Waals surface area contributed by atoms with Crippen molar-refractivity contribution in [1.82, 2.24) is 20.5 Å². The van der Waals surface area contributed by atoms with E-state index < -0.39 is 0 Å². The predicted molar refractivity (Wildman–Crippen MR) is 65.2 cm³/mol. The second kappa shape index (κ2) is 5.29. The molecule has 0 bridgehead atoms. The van der Waals surface area contributed by atoms with Crippen molar-refractivity contribution in [2.45, 2.75) is 19.9 Å². The van der Waals surface area contributed by atoms with Crippen molar-refractivity contribution in [2.75, 3.05) is 6.54 Å². The van der Waals surface area contributed by atoms with Crippen LogP contribution in [0.3, 0.4) is 0 Å². The van der Waals surface area contributed by atoms with Crippen molar-refractivity contribution in [1.29, 1.82) is 0 Å². The second-order valence-corrected chi connectivity index (χ2v) is 4.63. The third kappa shape index (κ3) is 2.83. The van der Waals surface area contributed by atoms with Gasteiger partial charge in [-0.1, -0.05) is 18.3 Å². The van der Waals surface area contributed by atoms with E-state index in [1.54, 1.807) is 6.20 Å². The topological polar surface area (TPSA) is 50.7 Å². The monoisotopic (exact) mass is 252 g/mol. The number of nitrogens with zero attached hydrogens (tertiary/aromatic N) is 3. The zero-order valence-corrected chi connectivity index (χ0v) is 10.5. The molecule has 0 aromatic carbocycles. The number of rotatable bonds is 4. The number of halogens is 1. The first-order chi connectivity index (χ1) is 8.20. The highest BCUT2D eigenvalue weighted by Crippen LogP contribution is 2.26. The molecule has 90 valence electrons. The van der Waals surface area contributed by atoms with E-state index in [4.69, 9.17) is 0 Å². The quantitative estimate of drug-likeness (QED) is 0.908. The van der Waals surface area contributed by atoms with Crippen molar-refractivity contribution < 1.29 is 4.39 Å². The minimum absolute atomic E-state index is 0.160. The molecule has 1 unspecified atom stereocenters. The van der Waals surface area contributed by atoms with Crippen LogP contribution in [-0.2, 0) is 0 Å². The summed E-state index contributed by atoms with van der Waals surface area (Å²) in [6.45, 7) is 4.93. The SMILES string of the molecule is CCNC(C)c1nnc(-c2cncc(F)c2)s1. The largest absolute Gasteiger partial charge is 0.308 e. The molecule has 2 aromatic rings. The zero-order valence-electron chi connectivity index (χ0n) is 9.64. The molecule has 1 atom stereocenters. The van der Waals surface area contributed by atoms with Gasteiger partial charge >= 0.3 is 0 Å². The number of nitrogens with one attached hydrogen (secondary N) is 1. The minimum Gasteiger partial charge on any atom is -0.308 e. The Bertz CT molecular complexity index is 500. The number of hydrogen-bond donors (Lipinski definition) is 1. The van der Waals surface area contributed by atoms with Crippen molar-refractivity contribution in [3.05, 3.63) is 29.3 Å². The average Bonchev–Trinajstić information content (AvgIpc) is 2.78. The molecule has 2 aromatic heterocycles. The van der Waals surface area contributed by atoms with E-state index in [0.29, 0.717) is 10.6 Å². The highest BCUT2D eigenvalue weighted by atomic mass is 32.1. The van der Waals surface area contributed by atoms with Crippen LogP contribution in [0.4, 0.5) is 4.39 Å². The number of hydrogen-bond acceptors (Lipinski definition) is 5. The predicted octanol–water partition coefficient (Wildman–Crippen LogP) is 2.41. The summed E-state index contributed by atoms with van der Waals surface area (Å²) in [5, 5.41) is 13.0. The molecule has 0 aliphatic carbocycles. The van der Waals surface area contributed by atoms with Gasteiger partial charge in [-0.05, 0) is 19.5 Å². The Kier molecular flexibility index (Phi) is 3.75. The van der Waals surface area contributed by atoms with Crippen LogP contribution in [0.2, 0.25) is 0 Å². The van der Waals surface area contributed by atoms with Crippen LogP contribution >= 0.6 is 11.3 Å². The van der Waals surface area contributed by atoms with Crippen LogP contribution in [-0.4, -0.2) is 21.7 Å². The van der Waals surface area contributed by atoms with Gasteiger partial charge in [0.25, 0.3) is 0 Å². The molecule has 0 spiro atoms. The maximum atomic E-state index is 13.0. The van der Waals surface area contributed by atoms with Gasteiger partial charge in [0.05, 0.1) is 12.2 Å². The van der Waals surface area contributed by atoms with E-state index in [9.17, 15) is 4.39 Å². The maximum Gasteiger partial charge on any atom is 0.149 e.